The predicted molar refractivity (Wildman–Crippen MR) is 40.2 cm³/mol. The average molecular weight is 201 g/mol. The van der Waals surface area contributed by atoms with Crippen molar-refractivity contribution in [3.63, 3.8) is 0 Å². The van der Waals surface area contributed by atoms with Crippen LogP contribution in [0.2, 0.25) is 0 Å². The van der Waals surface area contributed by atoms with Crippen molar-refractivity contribution in [3.8, 4) is 0 Å². The van der Waals surface area contributed by atoms with Crippen LogP contribution in [0.25, 0.3) is 0 Å². The van der Waals surface area contributed by atoms with Crippen LogP contribution in [0.3, 0.4) is 0 Å². The minimum absolute atomic E-state index is 0.129. The molecule has 11 heavy (non-hydrogen) atoms. The molecule has 1 heterocycles. The average Bonchev–Trinajstić information content (AvgIpc) is 2.31. The lowest BCUT2D eigenvalue weighted by atomic mass is 10.3. The van der Waals surface area contributed by atoms with Gasteiger partial charge in [-0.15, -0.1) is 0 Å². The van der Waals surface area contributed by atoms with Gasteiger partial charge in [0.1, 0.15) is 11.4 Å². The Hall–Kier alpha value is 0.160. The summed E-state index contributed by atoms with van der Waals surface area (Å²) >= 11 is 0. The van der Waals surface area contributed by atoms with E-state index in [2.05, 4.69) is 0 Å². The number of methoxy groups -OCH3 is 1. The van der Waals surface area contributed by atoms with Crippen LogP contribution in [0, 0.1) is 0 Å². The molecule has 6 heteroatoms. The van der Waals surface area contributed by atoms with Crippen molar-refractivity contribution in [2.45, 2.75) is 11.4 Å². The smallest absolute Gasteiger partial charge is 0.240 e. The molecule has 0 aliphatic carbocycles. The van der Waals surface area contributed by atoms with E-state index in [1.165, 1.54) is 7.11 Å². The van der Waals surface area contributed by atoms with E-state index < -0.39 is 20.4 Å². The van der Waals surface area contributed by atoms with Crippen LogP contribution in [0.15, 0.2) is 0 Å². The standard InChI is InChI=1S/C5H9ClO4S/c1-9-4-2-10-3-5(4)11(6,7)8/h4-5H,2-3H2,1H3. The maximum Gasteiger partial charge on any atom is 0.240 e. The van der Waals surface area contributed by atoms with Gasteiger partial charge in [0.05, 0.1) is 13.2 Å². The fraction of sp³-hybridized carbons (Fsp3) is 1.00. The molecule has 2 atom stereocenters. The molecule has 0 N–H and O–H groups in total. The molecule has 1 rings (SSSR count). The lowest BCUT2D eigenvalue weighted by molar-refractivity contribution is 0.0830. The SMILES string of the molecule is COC1COCC1S(=O)(=O)Cl. The summed E-state index contributed by atoms with van der Waals surface area (Å²) in [5.74, 6) is 0. The highest BCUT2D eigenvalue weighted by Crippen LogP contribution is 2.19. The zero-order chi connectivity index (χ0) is 8.48. The van der Waals surface area contributed by atoms with Crippen LogP contribution in [-0.4, -0.2) is 40.1 Å². The van der Waals surface area contributed by atoms with Gasteiger partial charge in [0, 0.05) is 17.8 Å². The molecule has 0 aromatic carbocycles. The Kier molecular flexibility index (Phi) is 2.74. The summed E-state index contributed by atoms with van der Waals surface area (Å²) in [7, 11) is 3.02. The first kappa shape index (κ1) is 9.25. The van der Waals surface area contributed by atoms with Crippen LogP contribution < -0.4 is 0 Å². The summed E-state index contributed by atoms with van der Waals surface area (Å²) in [4.78, 5) is 0. The highest BCUT2D eigenvalue weighted by Gasteiger charge is 2.37. The molecule has 1 saturated heterocycles. The van der Waals surface area contributed by atoms with Crippen LogP contribution in [0.1, 0.15) is 0 Å². The summed E-state index contributed by atoms with van der Waals surface area (Å²) < 4.78 is 31.4. The van der Waals surface area contributed by atoms with E-state index in [-0.39, 0.29) is 6.61 Å². The molecular formula is C5H9ClO4S. The van der Waals surface area contributed by atoms with E-state index in [4.69, 9.17) is 20.2 Å². The molecule has 0 spiro atoms. The summed E-state index contributed by atoms with van der Waals surface area (Å²) in [5.41, 5.74) is 0. The molecule has 66 valence electrons. The van der Waals surface area contributed by atoms with E-state index in [0.29, 0.717) is 6.61 Å². The summed E-state index contributed by atoms with van der Waals surface area (Å²) in [6.07, 6.45) is -0.419. The number of hydrogen-bond donors (Lipinski definition) is 0. The predicted octanol–water partition coefficient (Wildman–Crippen LogP) is -0.0312. The fourth-order valence-corrected chi connectivity index (χ4v) is 2.31. The minimum atomic E-state index is -3.54. The highest BCUT2D eigenvalue weighted by atomic mass is 35.7. The van der Waals surface area contributed by atoms with Crippen molar-refractivity contribution in [1.29, 1.82) is 0 Å². The summed E-state index contributed by atoms with van der Waals surface area (Å²) in [6.45, 7) is 0.428. The van der Waals surface area contributed by atoms with E-state index >= 15 is 0 Å². The normalized spacial score (nSPS) is 32.5. The Morgan fingerprint density at radius 1 is 1.55 bits per heavy atom. The molecular weight excluding hydrogens is 192 g/mol. The largest absolute Gasteiger partial charge is 0.378 e. The molecule has 1 fully saturated rings. The van der Waals surface area contributed by atoms with E-state index in [9.17, 15) is 8.42 Å². The number of ether oxygens (including phenoxy) is 2. The molecule has 0 amide bonds. The zero-order valence-corrected chi connectivity index (χ0v) is 7.56. The maximum absolute atomic E-state index is 10.8. The van der Waals surface area contributed by atoms with Crippen molar-refractivity contribution < 1.29 is 17.9 Å². The molecule has 0 radical (unpaired) electrons. The van der Waals surface area contributed by atoms with Crippen molar-refractivity contribution in [1.82, 2.24) is 0 Å². The third-order valence-electron chi connectivity index (χ3n) is 1.64. The number of halogens is 1. The Morgan fingerprint density at radius 3 is 2.55 bits per heavy atom. The van der Waals surface area contributed by atoms with Crippen molar-refractivity contribution >= 4 is 19.7 Å². The second-order valence-corrected chi connectivity index (χ2v) is 5.17. The molecule has 2 unspecified atom stereocenters. The lowest BCUT2D eigenvalue weighted by Crippen LogP contribution is -2.31. The summed E-state index contributed by atoms with van der Waals surface area (Å²) in [6, 6.07) is 0. The molecule has 0 saturated carbocycles. The molecule has 0 aromatic heterocycles. The quantitative estimate of drug-likeness (QED) is 0.588. The monoisotopic (exact) mass is 200 g/mol. The van der Waals surface area contributed by atoms with Gasteiger partial charge in [0.25, 0.3) is 0 Å². The van der Waals surface area contributed by atoms with Gasteiger partial charge < -0.3 is 9.47 Å². The van der Waals surface area contributed by atoms with Crippen molar-refractivity contribution in [3.05, 3.63) is 0 Å². The Labute approximate surface area is 69.9 Å². The highest BCUT2D eigenvalue weighted by molar-refractivity contribution is 8.14. The van der Waals surface area contributed by atoms with E-state index in [0.717, 1.165) is 0 Å². The third-order valence-corrected chi connectivity index (χ3v) is 3.49. The van der Waals surface area contributed by atoms with Gasteiger partial charge in [-0.2, -0.15) is 0 Å². The minimum Gasteiger partial charge on any atom is -0.378 e. The summed E-state index contributed by atoms with van der Waals surface area (Å²) in [5, 5.41) is -0.714. The second-order valence-electron chi connectivity index (χ2n) is 2.33. The van der Waals surface area contributed by atoms with E-state index in [1.807, 2.05) is 0 Å². The first-order valence-electron chi connectivity index (χ1n) is 3.09. The topological polar surface area (TPSA) is 52.6 Å². The molecule has 1 aliphatic rings. The van der Waals surface area contributed by atoms with Gasteiger partial charge in [-0.3, -0.25) is 0 Å². The fourth-order valence-electron chi connectivity index (χ4n) is 0.997. The van der Waals surface area contributed by atoms with Crippen LogP contribution in [-0.2, 0) is 18.5 Å². The van der Waals surface area contributed by atoms with E-state index in [1.54, 1.807) is 0 Å². The second kappa shape index (κ2) is 3.26. The van der Waals surface area contributed by atoms with Crippen molar-refractivity contribution in [2.24, 2.45) is 0 Å². The maximum atomic E-state index is 10.8. The third kappa shape index (κ3) is 2.05. The van der Waals surface area contributed by atoms with Crippen LogP contribution in [0.4, 0.5) is 0 Å². The number of hydrogen-bond acceptors (Lipinski definition) is 4. The molecule has 0 aromatic rings. The van der Waals surface area contributed by atoms with Gasteiger partial charge in [-0.05, 0) is 0 Å². The van der Waals surface area contributed by atoms with Gasteiger partial charge in [0.15, 0.2) is 0 Å². The van der Waals surface area contributed by atoms with Gasteiger partial charge >= 0.3 is 0 Å². The number of rotatable bonds is 2. The molecule has 4 nitrogen and oxygen atoms in total. The molecule has 1 aliphatic heterocycles. The first-order chi connectivity index (χ1) is 5.05. The Morgan fingerprint density at radius 2 is 2.18 bits per heavy atom. The van der Waals surface area contributed by atoms with Gasteiger partial charge in [-0.25, -0.2) is 8.42 Å². The zero-order valence-electron chi connectivity index (χ0n) is 5.99. The van der Waals surface area contributed by atoms with Crippen molar-refractivity contribution in [2.75, 3.05) is 20.3 Å². The van der Waals surface area contributed by atoms with Crippen LogP contribution in [0.5, 0.6) is 0 Å². The first-order valence-corrected chi connectivity index (χ1v) is 5.47. The Balaban J connectivity index is 2.72. The van der Waals surface area contributed by atoms with Gasteiger partial charge in [-0.1, -0.05) is 0 Å². The lowest BCUT2D eigenvalue weighted by Gasteiger charge is -2.11. The Bertz CT molecular complexity index is 225. The van der Waals surface area contributed by atoms with Gasteiger partial charge in [0.2, 0.25) is 9.05 Å². The van der Waals surface area contributed by atoms with Crippen LogP contribution >= 0.6 is 10.7 Å². The molecule has 0 bridgehead atoms.